The van der Waals surface area contributed by atoms with E-state index in [-0.39, 0.29) is 16.5 Å². The number of nitrogens with zero attached hydrogens (tertiary/aromatic N) is 1. The van der Waals surface area contributed by atoms with Crippen LogP contribution in [0.25, 0.3) is 11.3 Å². The SMILES string of the molecule is COc1ccc(-c2cc(C(=O)O)no2)c(OC)c1Cl. The molecule has 0 radical (unpaired) electrons. The average molecular weight is 284 g/mol. The largest absolute Gasteiger partial charge is 0.495 e. The number of benzene rings is 1. The zero-order valence-corrected chi connectivity index (χ0v) is 10.9. The fraction of sp³-hybridized carbons (Fsp3) is 0.167. The summed E-state index contributed by atoms with van der Waals surface area (Å²) >= 11 is 6.11. The number of hydrogen-bond acceptors (Lipinski definition) is 5. The summed E-state index contributed by atoms with van der Waals surface area (Å²) in [5.74, 6) is -0.151. The predicted octanol–water partition coefficient (Wildman–Crippen LogP) is 2.71. The van der Waals surface area contributed by atoms with Crippen molar-refractivity contribution in [3.63, 3.8) is 0 Å². The molecule has 0 saturated carbocycles. The second kappa shape index (κ2) is 5.19. The molecule has 0 unspecified atom stereocenters. The van der Waals surface area contributed by atoms with Gasteiger partial charge in [-0.1, -0.05) is 16.8 Å². The van der Waals surface area contributed by atoms with E-state index in [0.29, 0.717) is 17.1 Å². The lowest BCUT2D eigenvalue weighted by Gasteiger charge is -2.10. The summed E-state index contributed by atoms with van der Waals surface area (Å²) in [5, 5.41) is 12.5. The minimum Gasteiger partial charge on any atom is -0.495 e. The topological polar surface area (TPSA) is 81.8 Å². The summed E-state index contributed by atoms with van der Waals surface area (Å²) in [6, 6.07) is 4.57. The lowest BCUT2D eigenvalue weighted by Crippen LogP contribution is -1.94. The van der Waals surface area contributed by atoms with Crippen molar-refractivity contribution >= 4 is 17.6 Å². The summed E-state index contributed by atoms with van der Waals surface area (Å²) in [6.07, 6.45) is 0. The van der Waals surface area contributed by atoms with Gasteiger partial charge in [0.2, 0.25) is 0 Å². The molecule has 0 aliphatic carbocycles. The molecule has 19 heavy (non-hydrogen) atoms. The zero-order chi connectivity index (χ0) is 14.0. The molecule has 1 aromatic carbocycles. The van der Waals surface area contributed by atoms with E-state index in [0.717, 1.165) is 0 Å². The third-order valence-corrected chi connectivity index (χ3v) is 2.84. The highest BCUT2D eigenvalue weighted by atomic mass is 35.5. The van der Waals surface area contributed by atoms with E-state index in [4.69, 9.17) is 30.7 Å². The highest BCUT2D eigenvalue weighted by Crippen LogP contribution is 2.41. The lowest BCUT2D eigenvalue weighted by molar-refractivity contribution is 0.0686. The minimum absolute atomic E-state index is 0.191. The standard InChI is InChI=1S/C12H10ClNO5/c1-17-8-4-3-6(11(18-2)10(8)13)9-5-7(12(15)16)14-19-9/h3-5H,1-2H3,(H,15,16). The number of ether oxygens (including phenoxy) is 2. The van der Waals surface area contributed by atoms with Crippen molar-refractivity contribution in [1.29, 1.82) is 0 Å². The first kappa shape index (κ1) is 13.2. The van der Waals surface area contributed by atoms with E-state index in [1.807, 2.05) is 0 Å². The Kier molecular flexibility index (Phi) is 3.62. The van der Waals surface area contributed by atoms with Gasteiger partial charge in [-0.3, -0.25) is 0 Å². The molecule has 7 heteroatoms. The maximum atomic E-state index is 10.8. The molecule has 100 valence electrons. The van der Waals surface area contributed by atoms with Crippen LogP contribution in [-0.4, -0.2) is 30.5 Å². The van der Waals surface area contributed by atoms with Gasteiger partial charge in [-0.05, 0) is 12.1 Å². The predicted molar refractivity (Wildman–Crippen MR) is 67.0 cm³/mol. The number of halogens is 1. The number of aromatic carboxylic acids is 1. The molecule has 0 amide bonds. The van der Waals surface area contributed by atoms with Crippen LogP contribution in [0.2, 0.25) is 5.02 Å². The quantitative estimate of drug-likeness (QED) is 0.929. The molecule has 0 aliphatic heterocycles. The van der Waals surface area contributed by atoms with Gasteiger partial charge in [0.05, 0.1) is 19.8 Å². The van der Waals surface area contributed by atoms with Crippen molar-refractivity contribution in [2.24, 2.45) is 0 Å². The van der Waals surface area contributed by atoms with Crippen LogP contribution in [0.5, 0.6) is 11.5 Å². The highest BCUT2D eigenvalue weighted by molar-refractivity contribution is 6.34. The van der Waals surface area contributed by atoms with Gasteiger partial charge in [-0.25, -0.2) is 4.79 Å². The van der Waals surface area contributed by atoms with Gasteiger partial charge in [0.15, 0.2) is 17.2 Å². The lowest BCUT2D eigenvalue weighted by atomic mass is 10.1. The summed E-state index contributed by atoms with van der Waals surface area (Å²) < 4.78 is 15.2. The Morgan fingerprint density at radius 3 is 2.63 bits per heavy atom. The molecule has 2 aromatic rings. The van der Waals surface area contributed by atoms with Crippen LogP contribution in [0.15, 0.2) is 22.7 Å². The Bertz CT molecular complexity index is 623. The Hall–Kier alpha value is -2.21. The van der Waals surface area contributed by atoms with Gasteiger partial charge in [-0.2, -0.15) is 0 Å². The summed E-state index contributed by atoms with van der Waals surface area (Å²) in [7, 11) is 2.93. The number of carboxylic acid groups (broad SMARTS) is 1. The molecule has 1 N–H and O–H groups in total. The summed E-state index contributed by atoms with van der Waals surface area (Å²) in [5.41, 5.74) is 0.303. The first-order chi connectivity index (χ1) is 9.08. The third-order valence-electron chi connectivity index (χ3n) is 2.48. The van der Waals surface area contributed by atoms with E-state index in [1.54, 1.807) is 12.1 Å². The minimum atomic E-state index is -1.17. The van der Waals surface area contributed by atoms with Crippen LogP contribution in [0.1, 0.15) is 10.5 Å². The summed E-state index contributed by atoms with van der Waals surface area (Å²) in [6.45, 7) is 0. The van der Waals surface area contributed by atoms with Gasteiger partial charge in [0.1, 0.15) is 10.8 Å². The van der Waals surface area contributed by atoms with Crippen molar-refractivity contribution in [1.82, 2.24) is 5.16 Å². The van der Waals surface area contributed by atoms with Crippen LogP contribution >= 0.6 is 11.6 Å². The first-order valence-corrected chi connectivity index (χ1v) is 5.57. The Morgan fingerprint density at radius 1 is 1.37 bits per heavy atom. The Balaban J connectivity index is 2.55. The second-order valence-corrected chi connectivity index (χ2v) is 3.92. The molecule has 6 nitrogen and oxygen atoms in total. The normalized spacial score (nSPS) is 10.3. The van der Waals surface area contributed by atoms with Crippen LogP contribution in [0, 0.1) is 0 Å². The molecule has 0 aliphatic rings. The van der Waals surface area contributed by atoms with Crippen molar-refractivity contribution in [2.75, 3.05) is 14.2 Å². The van der Waals surface area contributed by atoms with Crippen molar-refractivity contribution in [3.05, 3.63) is 28.9 Å². The fourth-order valence-corrected chi connectivity index (χ4v) is 1.91. The molecule has 0 saturated heterocycles. The maximum Gasteiger partial charge on any atom is 0.358 e. The smallest absolute Gasteiger partial charge is 0.358 e. The molecule has 0 bridgehead atoms. The Morgan fingerprint density at radius 2 is 2.11 bits per heavy atom. The van der Waals surface area contributed by atoms with E-state index in [9.17, 15) is 4.79 Å². The summed E-state index contributed by atoms with van der Waals surface area (Å²) in [4.78, 5) is 10.8. The zero-order valence-electron chi connectivity index (χ0n) is 10.1. The van der Waals surface area contributed by atoms with Crippen molar-refractivity contribution in [2.45, 2.75) is 0 Å². The van der Waals surface area contributed by atoms with E-state index in [1.165, 1.54) is 20.3 Å². The Labute approximate surface area is 113 Å². The van der Waals surface area contributed by atoms with Crippen molar-refractivity contribution in [3.8, 4) is 22.8 Å². The molecule has 0 atom stereocenters. The van der Waals surface area contributed by atoms with Gasteiger partial charge in [-0.15, -0.1) is 0 Å². The number of hydrogen-bond donors (Lipinski definition) is 1. The number of carboxylic acids is 1. The highest BCUT2D eigenvalue weighted by Gasteiger charge is 2.19. The molecule has 1 heterocycles. The van der Waals surface area contributed by atoms with Crippen LogP contribution in [-0.2, 0) is 0 Å². The van der Waals surface area contributed by atoms with Gasteiger partial charge in [0, 0.05) is 6.07 Å². The maximum absolute atomic E-state index is 10.8. The molecular weight excluding hydrogens is 274 g/mol. The van der Waals surface area contributed by atoms with Crippen LogP contribution < -0.4 is 9.47 Å². The number of rotatable bonds is 4. The van der Waals surface area contributed by atoms with Gasteiger partial charge < -0.3 is 19.1 Å². The molecule has 0 spiro atoms. The van der Waals surface area contributed by atoms with Crippen LogP contribution in [0.3, 0.4) is 0 Å². The molecule has 1 aromatic heterocycles. The number of carbonyl (C=O) groups is 1. The first-order valence-electron chi connectivity index (χ1n) is 5.19. The van der Waals surface area contributed by atoms with Crippen molar-refractivity contribution < 1.29 is 23.9 Å². The third kappa shape index (κ3) is 2.34. The number of methoxy groups -OCH3 is 2. The van der Waals surface area contributed by atoms with E-state index in [2.05, 4.69) is 5.16 Å². The van der Waals surface area contributed by atoms with E-state index < -0.39 is 5.97 Å². The van der Waals surface area contributed by atoms with E-state index >= 15 is 0 Å². The second-order valence-electron chi connectivity index (χ2n) is 3.54. The molecule has 0 fully saturated rings. The monoisotopic (exact) mass is 283 g/mol. The fourth-order valence-electron chi connectivity index (χ4n) is 1.59. The van der Waals surface area contributed by atoms with Gasteiger partial charge >= 0.3 is 5.97 Å². The van der Waals surface area contributed by atoms with Gasteiger partial charge in [0.25, 0.3) is 0 Å². The molecule has 2 rings (SSSR count). The van der Waals surface area contributed by atoms with Crippen LogP contribution in [0.4, 0.5) is 0 Å². The molecular formula is C12H10ClNO5. The average Bonchev–Trinajstić information content (AvgIpc) is 2.87. The number of aromatic nitrogens is 1.